The Morgan fingerprint density at radius 1 is 0.853 bits per heavy atom. The van der Waals surface area contributed by atoms with Gasteiger partial charge in [-0.3, -0.25) is 0 Å². The van der Waals surface area contributed by atoms with Gasteiger partial charge in [-0.15, -0.1) is 0 Å². The van der Waals surface area contributed by atoms with Crippen LogP contribution >= 0.6 is 0 Å². The molecule has 0 fully saturated rings. The number of aliphatic hydroxyl groups excluding tert-OH is 1. The minimum absolute atomic E-state index is 0.0754. The third-order valence-electron chi connectivity index (χ3n) is 4.74. The Morgan fingerprint density at radius 2 is 1.47 bits per heavy atom. The highest BCUT2D eigenvalue weighted by atomic mass is 16.5. The van der Waals surface area contributed by atoms with E-state index in [1.807, 2.05) is 60.7 Å². The number of carbonyl (C=O) groups excluding carboxylic acids is 1. The Kier molecular flexibility index (Phi) is 10.0. The van der Waals surface area contributed by atoms with Crippen LogP contribution in [0.3, 0.4) is 0 Å². The average Bonchev–Trinajstić information content (AvgIpc) is 2.86. The molecular formula is C26H30N2O6. The quantitative estimate of drug-likeness (QED) is 0.313. The van der Waals surface area contributed by atoms with E-state index in [2.05, 4.69) is 10.1 Å². The van der Waals surface area contributed by atoms with E-state index in [0.29, 0.717) is 37.0 Å². The minimum atomic E-state index is -0.827. The van der Waals surface area contributed by atoms with Crippen molar-refractivity contribution in [3.05, 3.63) is 90.0 Å². The molecule has 0 spiro atoms. The number of rotatable bonds is 14. The van der Waals surface area contributed by atoms with Crippen LogP contribution < -0.4 is 25.3 Å². The van der Waals surface area contributed by atoms with E-state index in [-0.39, 0.29) is 19.8 Å². The molecule has 0 heterocycles. The number of aliphatic hydroxyl groups is 1. The summed E-state index contributed by atoms with van der Waals surface area (Å²) in [6, 6.07) is 25.1. The zero-order valence-electron chi connectivity index (χ0n) is 18.9. The first kappa shape index (κ1) is 24.9. The first-order valence-electron chi connectivity index (χ1n) is 11.0. The molecule has 34 heavy (non-hydrogen) atoms. The van der Waals surface area contributed by atoms with Crippen LogP contribution in [0.15, 0.2) is 78.9 Å². The lowest BCUT2D eigenvalue weighted by atomic mass is 10.2. The van der Waals surface area contributed by atoms with Gasteiger partial charge >= 0.3 is 6.09 Å². The summed E-state index contributed by atoms with van der Waals surface area (Å²) < 4.78 is 22.4. The van der Waals surface area contributed by atoms with Gasteiger partial charge in [-0.1, -0.05) is 60.7 Å². The van der Waals surface area contributed by atoms with Gasteiger partial charge in [0.25, 0.3) is 0 Å². The Morgan fingerprint density at radius 3 is 2.09 bits per heavy atom. The van der Waals surface area contributed by atoms with Crippen LogP contribution in [0.5, 0.6) is 17.2 Å². The second-order valence-corrected chi connectivity index (χ2v) is 7.49. The van der Waals surface area contributed by atoms with Gasteiger partial charge in [-0.2, -0.15) is 0 Å². The average molecular weight is 467 g/mol. The molecule has 0 aromatic heterocycles. The molecule has 0 radical (unpaired) electrons. The third kappa shape index (κ3) is 9.01. The summed E-state index contributed by atoms with van der Waals surface area (Å²) in [4.78, 5) is 10.5. The van der Waals surface area contributed by atoms with Crippen molar-refractivity contribution in [3.63, 3.8) is 0 Å². The second-order valence-electron chi connectivity index (χ2n) is 7.49. The maximum Gasteiger partial charge on any atom is 0.404 e. The molecule has 3 aromatic carbocycles. The molecular weight excluding hydrogens is 436 g/mol. The van der Waals surface area contributed by atoms with Gasteiger partial charge in [0.1, 0.15) is 38.3 Å². The van der Waals surface area contributed by atoms with Crippen LogP contribution in [-0.2, 0) is 18.0 Å². The minimum Gasteiger partial charge on any atom is -0.491 e. The molecule has 3 aromatic rings. The molecule has 8 heteroatoms. The topological polar surface area (TPSA) is 112 Å². The van der Waals surface area contributed by atoms with E-state index in [4.69, 9.17) is 19.9 Å². The van der Waals surface area contributed by atoms with Crippen LogP contribution in [-0.4, -0.2) is 43.6 Å². The molecule has 0 aliphatic heterocycles. The summed E-state index contributed by atoms with van der Waals surface area (Å²) >= 11 is 0. The third-order valence-corrected chi connectivity index (χ3v) is 4.74. The van der Waals surface area contributed by atoms with Crippen LogP contribution in [0.1, 0.15) is 11.1 Å². The zero-order chi connectivity index (χ0) is 24.0. The summed E-state index contributed by atoms with van der Waals surface area (Å²) in [7, 11) is 0. The lowest BCUT2D eigenvalue weighted by molar-refractivity contribution is 0.103. The number of hydrogen-bond acceptors (Lipinski definition) is 7. The number of ether oxygens (including phenoxy) is 4. The zero-order valence-corrected chi connectivity index (χ0v) is 18.9. The van der Waals surface area contributed by atoms with E-state index in [1.54, 1.807) is 18.2 Å². The van der Waals surface area contributed by atoms with Gasteiger partial charge in [-0.25, -0.2) is 4.79 Å². The van der Waals surface area contributed by atoms with E-state index in [1.165, 1.54) is 0 Å². The number of benzene rings is 3. The molecule has 8 nitrogen and oxygen atoms in total. The molecule has 180 valence electrons. The van der Waals surface area contributed by atoms with E-state index < -0.39 is 12.2 Å². The highest BCUT2D eigenvalue weighted by molar-refractivity contribution is 5.64. The first-order valence-corrected chi connectivity index (χ1v) is 11.0. The number of nitrogens with one attached hydrogen (secondary N) is 1. The van der Waals surface area contributed by atoms with Crippen LogP contribution in [0, 0.1) is 0 Å². The fraction of sp³-hybridized carbons (Fsp3) is 0.269. The normalized spacial score (nSPS) is 11.4. The monoisotopic (exact) mass is 466 g/mol. The van der Waals surface area contributed by atoms with Crippen molar-refractivity contribution in [1.82, 2.24) is 5.32 Å². The van der Waals surface area contributed by atoms with Crippen molar-refractivity contribution >= 4 is 6.09 Å². The smallest absolute Gasteiger partial charge is 0.404 e. The standard InChI is InChI=1S/C26H30N2O6/c27-26(30)31-14-13-28-16-22(29)19-32-23-11-12-24(33-17-20-7-3-1-4-8-20)25(15-23)34-18-21-9-5-2-6-10-21/h1-12,15,22,28-29H,13-14,16-19H2,(H2,27,30)/t22-/m1/s1. The number of nitrogens with two attached hydrogens (primary N) is 1. The predicted molar refractivity (Wildman–Crippen MR) is 128 cm³/mol. The molecule has 1 amide bonds. The molecule has 0 saturated heterocycles. The van der Waals surface area contributed by atoms with E-state index in [0.717, 1.165) is 11.1 Å². The SMILES string of the molecule is NC(=O)OCCNC[C@@H](O)COc1ccc(OCc2ccccc2)c(OCc2ccccc2)c1. The number of carbonyl (C=O) groups is 1. The van der Waals surface area contributed by atoms with Crippen molar-refractivity contribution < 1.29 is 28.8 Å². The molecule has 0 saturated carbocycles. The lowest BCUT2D eigenvalue weighted by Gasteiger charge is -2.16. The van der Waals surface area contributed by atoms with Gasteiger partial charge in [0.15, 0.2) is 11.5 Å². The number of hydrogen-bond donors (Lipinski definition) is 3. The summed E-state index contributed by atoms with van der Waals surface area (Å²) in [5.41, 5.74) is 6.98. The van der Waals surface area contributed by atoms with Crippen LogP contribution in [0.25, 0.3) is 0 Å². The Bertz CT molecular complexity index is 1000. The van der Waals surface area contributed by atoms with Gasteiger partial charge in [0, 0.05) is 19.2 Å². The summed E-state index contributed by atoms with van der Waals surface area (Å²) in [6.07, 6.45) is -1.58. The predicted octanol–water partition coefficient (Wildman–Crippen LogP) is 3.27. The van der Waals surface area contributed by atoms with Crippen molar-refractivity contribution in [2.75, 3.05) is 26.3 Å². The molecule has 3 rings (SSSR count). The Balaban J connectivity index is 1.56. The summed E-state index contributed by atoms with van der Waals surface area (Å²) in [5.74, 6) is 1.70. The van der Waals surface area contributed by atoms with Crippen LogP contribution in [0.2, 0.25) is 0 Å². The van der Waals surface area contributed by atoms with Gasteiger partial charge in [-0.05, 0) is 23.3 Å². The van der Waals surface area contributed by atoms with E-state index >= 15 is 0 Å². The van der Waals surface area contributed by atoms with Crippen LogP contribution in [0.4, 0.5) is 4.79 Å². The van der Waals surface area contributed by atoms with E-state index in [9.17, 15) is 9.90 Å². The summed E-state index contributed by atoms with van der Waals surface area (Å²) in [6.45, 7) is 1.66. The molecule has 0 aliphatic carbocycles. The molecule has 0 aliphatic rings. The molecule has 0 bridgehead atoms. The highest BCUT2D eigenvalue weighted by Gasteiger charge is 2.11. The van der Waals surface area contributed by atoms with Crippen molar-refractivity contribution in [3.8, 4) is 17.2 Å². The number of primary amides is 1. The van der Waals surface area contributed by atoms with Gasteiger partial charge in [0.2, 0.25) is 0 Å². The first-order chi connectivity index (χ1) is 16.6. The number of amides is 1. The largest absolute Gasteiger partial charge is 0.491 e. The molecule has 4 N–H and O–H groups in total. The highest BCUT2D eigenvalue weighted by Crippen LogP contribution is 2.33. The van der Waals surface area contributed by atoms with Crippen molar-refractivity contribution in [2.24, 2.45) is 5.73 Å². The summed E-state index contributed by atoms with van der Waals surface area (Å²) in [5, 5.41) is 13.1. The Labute approximate surface area is 199 Å². The maximum absolute atomic E-state index is 10.5. The fourth-order valence-electron chi connectivity index (χ4n) is 3.02. The van der Waals surface area contributed by atoms with Gasteiger partial charge in [0.05, 0.1) is 0 Å². The molecule has 1 atom stereocenters. The Hall–Kier alpha value is -3.75. The van der Waals surface area contributed by atoms with Gasteiger partial charge < -0.3 is 35.1 Å². The maximum atomic E-state index is 10.5. The molecule has 0 unspecified atom stereocenters. The second kappa shape index (κ2) is 13.7. The van der Waals surface area contributed by atoms with Crippen molar-refractivity contribution in [2.45, 2.75) is 19.3 Å². The fourth-order valence-corrected chi connectivity index (χ4v) is 3.02. The lowest BCUT2D eigenvalue weighted by Crippen LogP contribution is -2.33. The van der Waals surface area contributed by atoms with Crippen molar-refractivity contribution in [1.29, 1.82) is 0 Å².